The van der Waals surface area contributed by atoms with E-state index < -0.39 is 5.97 Å². The van der Waals surface area contributed by atoms with Gasteiger partial charge in [-0.1, -0.05) is 0 Å². The number of Topliss-reactive ketones (excluding diaryl/α,β-unsaturated/α-hetero) is 2. The smallest absolute Gasteiger partial charge is 0.355 e. The number of rotatable bonds is 11. The van der Waals surface area contributed by atoms with E-state index in [1.165, 1.54) is 4.57 Å². The number of ketones is 2. The van der Waals surface area contributed by atoms with Crippen molar-refractivity contribution < 1.29 is 19.1 Å². The second kappa shape index (κ2) is 10.4. The SMILES string of the molecule is O=C(CCCCl)COC(=O)c1cccn1CC(=O)CCCCl. The van der Waals surface area contributed by atoms with Gasteiger partial charge >= 0.3 is 5.97 Å². The summed E-state index contributed by atoms with van der Waals surface area (Å²) in [4.78, 5) is 35.1. The molecule has 122 valence electrons. The third-order valence-electron chi connectivity index (χ3n) is 2.93. The first-order chi connectivity index (χ1) is 10.6. The third-order valence-corrected chi connectivity index (χ3v) is 3.46. The maximum atomic E-state index is 11.9. The second-order valence-corrected chi connectivity index (χ2v) is 5.52. The van der Waals surface area contributed by atoms with Crippen LogP contribution in [0.3, 0.4) is 0 Å². The van der Waals surface area contributed by atoms with Gasteiger partial charge in [-0.3, -0.25) is 9.59 Å². The minimum atomic E-state index is -0.616. The Labute approximate surface area is 139 Å². The van der Waals surface area contributed by atoms with Crippen LogP contribution in [0.15, 0.2) is 18.3 Å². The Hall–Kier alpha value is -1.33. The first kappa shape index (κ1) is 18.7. The van der Waals surface area contributed by atoms with Crippen LogP contribution in [-0.2, 0) is 20.9 Å². The van der Waals surface area contributed by atoms with Gasteiger partial charge in [0.25, 0.3) is 0 Å². The fourth-order valence-electron chi connectivity index (χ4n) is 1.83. The summed E-state index contributed by atoms with van der Waals surface area (Å²) in [6.07, 6.45) is 3.45. The molecule has 1 aromatic heterocycles. The topological polar surface area (TPSA) is 65.4 Å². The average molecular weight is 348 g/mol. The van der Waals surface area contributed by atoms with Crippen molar-refractivity contribution >= 4 is 40.7 Å². The fraction of sp³-hybridized carbons (Fsp3) is 0.533. The average Bonchev–Trinajstić information content (AvgIpc) is 2.96. The van der Waals surface area contributed by atoms with E-state index in [0.29, 0.717) is 31.0 Å². The first-order valence-electron chi connectivity index (χ1n) is 7.06. The van der Waals surface area contributed by atoms with Gasteiger partial charge in [0.15, 0.2) is 11.6 Å². The maximum absolute atomic E-state index is 11.9. The van der Waals surface area contributed by atoms with Crippen molar-refractivity contribution in [1.29, 1.82) is 0 Å². The summed E-state index contributed by atoms with van der Waals surface area (Å²) < 4.78 is 6.48. The minimum absolute atomic E-state index is 0.0101. The number of hydrogen-bond donors (Lipinski definition) is 0. The molecule has 0 aliphatic heterocycles. The van der Waals surface area contributed by atoms with Gasteiger partial charge in [-0.25, -0.2) is 4.79 Å². The van der Waals surface area contributed by atoms with Crippen molar-refractivity contribution in [3.05, 3.63) is 24.0 Å². The van der Waals surface area contributed by atoms with E-state index in [9.17, 15) is 14.4 Å². The lowest BCUT2D eigenvalue weighted by atomic mass is 10.2. The van der Waals surface area contributed by atoms with Crippen molar-refractivity contribution in [1.82, 2.24) is 4.57 Å². The lowest BCUT2D eigenvalue weighted by Crippen LogP contribution is -2.19. The third kappa shape index (κ3) is 6.62. The molecule has 1 rings (SSSR count). The van der Waals surface area contributed by atoms with Gasteiger partial charge in [0, 0.05) is 30.8 Å². The zero-order chi connectivity index (χ0) is 16.4. The van der Waals surface area contributed by atoms with Crippen molar-refractivity contribution in [3.63, 3.8) is 0 Å². The number of carbonyl (C=O) groups excluding carboxylic acids is 3. The zero-order valence-corrected chi connectivity index (χ0v) is 13.7. The molecular formula is C15H19Cl2NO4. The first-order valence-corrected chi connectivity index (χ1v) is 8.13. The molecule has 0 N–H and O–H groups in total. The highest BCUT2D eigenvalue weighted by atomic mass is 35.5. The molecule has 0 aromatic carbocycles. The molecular weight excluding hydrogens is 329 g/mol. The molecule has 0 saturated carbocycles. The summed E-state index contributed by atoms with van der Waals surface area (Å²) in [5, 5.41) is 0. The molecule has 0 aliphatic carbocycles. The molecule has 5 nitrogen and oxygen atoms in total. The van der Waals surface area contributed by atoms with Crippen LogP contribution in [0.1, 0.15) is 36.2 Å². The molecule has 0 amide bonds. The number of alkyl halides is 2. The van der Waals surface area contributed by atoms with Crippen molar-refractivity contribution in [2.45, 2.75) is 32.2 Å². The summed E-state index contributed by atoms with van der Waals surface area (Å²) in [6, 6.07) is 3.21. The molecule has 0 saturated heterocycles. The lowest BCUT2D eigenvalue weighted by Gasteiger charge is -2.08. The number of esters is 1. The molecule has 1 aromatic rings. The lowest BCUT2D eigenvalue weighted by molar-refractivity contribution is -0.122. The number of ether oxygens (including phenoxy) is 1. The number of nitrogens with zero attached hydrogens (tertiary/aromatic N) is 1. The Bertz CT molecular complexity index is 513. The van der Waals surface area contributed by atoms with Gasteiger partial charge in [-0.15, -0.1) is 23.2 Å². The van der Waals surface area contributed by atoms with Gasteiger partial charge < -0.3 is 9.30 Å². The van der Waals surface area contributed by atoms with Crippen molar-refractivity contribution in [3.8, 4) is 0 Å². The quantitative estimate of drug-likeness (QED) is 0.456. The Morgan fingerprint density at radius 3 is 2.32 bits per heavy atom. The maximum Gasteiger partial charge on any atom is 0.355 e. The predicted molar refractivity (Wildman–Crippen MR) is 84.6 cm³/mol. The monoisotopic (exact) mass is 347 g/mol. The number of aromatic nitrogens is 1. The van der Waals surface area contributed by atoms with Crippen LogP contribution in [0.5, 0.6) is 0 Å². The molecule has 0 bridgehead atoms. The Kier molecular flexibility index (Phi) is 8.85. The molecule has 7 heteroatoms. The highest BCUT2D eigenvalue weighted by Gasteiger charge is 2.15. The van der Waals surface area contributed by atoms with Crippen LogP contribution in [0.4, 0.5) is 0 Å². The summed E-state index contributed by atoms with van der Waals surface area (Å²) in [6.45, 7) is -0.185. The summed E-state index contributed by atoms with van der Waals surface area (Å²) in [7, 11) is 0. The molecule has 0 aliphatic rings. The Balaban J connectivity index is 2.51. The van der Waals surface area contributed by atoms with Crippen LogP contribution in [0.25, 0.3) is 0 Å². The molecule has 22 heavy (non-hydrogen) atoms. The van der Waals surface area contributed by atoms with Gasteiger partial charge in [-0.05, 0) is 25.0 Å². The van der Waals surface area contributed by atoms with Crippen molar-refractivity contribution in [2.75, 3.05) is 18.4 Å². The van der Waals surface area contributed by atoms with E-state index in [2.05, 4.69) is 0 Å². The van der Waals surface area contributed by atoms with Crippen LogP contribution in [-0.4, -0.2) is 40.5 Å². The van der Waals surface area contributed by atoms with Gasteiger partial charge in [0.05, 0.1) is 6.54 Å². The van der Waals surface area contributed by atoms with E-state index in [-0.39, 0.29) is 36.8 Å². The van der Waals surface area contributed by atoms with Crippen LogP contribution < -0.4 is 0 Å². The predicted octanol–water partition coefficient (Wildman–Crippen LogP) is 2.82. The molecule has 0 unspecified atom stereocenters. The van der Waals surface area contributed by atoms with E-state index in [4.69, 9.17) is 27.9 Å². The van der Waals surface area contributed by atoms with E-state index in [1.807, 2.05) is 0 Å². The normalized spacial score (nSPS) is 10.5. The van der Waals surface area contributed by atoms with Gasteiger partial charge in [-0.2, -0.15) is 0 Å². The largest absolute Gasteiger partial charge is 0.453 e. The Morgan fingerprint density at radius 1 is 1.05 bits per heavy atom. The standard InChI is InChI=1S/C15H19Cl2NO4/c16-7-1-4-12(19)10-18-9-3-6-14(18)15(21)22-11-13(20)5-2-8-17/h3,6,9H,1-2,4-5,7-8,10-11H2. The summed E-state index contributed by atoms with van der Waals surface area (Å²) >= 11 is 11.0. The van der Waals surface area contributed by atoms with Crippen molar-refractivity contribution in [2.24, 2.45) is 0 Å². The highest BCUT2D eigenvalue weighted by molar-refractivity contribution is 6.18. The molecule has 0 fully saturated rings. The second-order valence-electron chi connectivity index (χ2n) is 4.76. The van der Waals surface area contributed by atoms with Gasteiger partial charge in [0.1, 0.15) is 12.3 Å². The van der Waals surface area contributed by atoms with Crippen LogP contribution >= 0.6 is 23.2 Å². The van der Waals surface area contributed by atoms with E-state index >= 15 is 0 Å². The number of hydrogen-bond acceptors (Lipinski definition) is 4. The molecule has 0 spiro atoms. The number of carbonyl (C=O) groups is 3. The van der Waals surface area contributed by atoms with Gasteiger partial charge in [0.2, 0.25) is 0 Å². The van der Waals surface area contributed by atoms with Crippen LogP contribution in [0, 0.1) is 0 Å². The van der Waals surface area contributed by atoms with E-state index in [1.54, 1.807) is 18.3 Å². The molecule has 0 radical (unpaired) electrons. The molecule has 0 atom stereocenters. The zero-order valence-electron chi connectivity index (χ0n) is 12.2. The highest BCUT2D eigenvalue weighted by Crippen LogP contribution is 2.07. The van der Waals surface area contributed by atoms with Crippen LogP contribution in [0.2, 0.25) is 0 Å². The summed E-state index contributed by atoms with van der Waals surface area (Å²) in [5.74, 6) is 0.0210. The minimum Gasteiger partial charge on any atom is -0.453 e. The number of halogens is 2. The summed E-state index contributed by atoms with van der Waals surface area (Å²) in [5.41, 5.74) is 0.254. The Morgan fingerprint density at radius 2 is 1.68 bits per heavy atom. The fourth-order valence-corrected chi connectivity index (χ4v) is 2.09. The molecule has 1 heterocycles. The van der Waals surface area contributed by atoms with E-state index in [0.717, 1.165) is 0 Å².